The highest BCUT2D eigenvalue weighted by molar-refractivity contribution is 5.86. The van der Waals surface area contributed by atoms with Crippen molar-refractivity contribution in [2.45, 2.75) is 38.4 Å². The van der Waals surface area contributed by atoms with Crippen molar-refractivity contribution < 1.29 is 19.1 Å². The van der Waals surface area contributed by atoms with E-state index in [9.17, 15) is 19.1 Å². The molecule has 22 heavy (non-hydrogen) atoms. The van der Waals surface area contributed by atoms with Crippen molar-refractivity contribution in [1.29, 1.82) is 0 Å². The van der Waals surface area contributed by atoms with Crippen molar-refractivity contribution in [2.24, 2.45) is 11.3 Å². The van der Waals surface area contributed by atoms with Gasteiger partial charge in [-0.15, -0.1) is 0 Å². The van der Waals surface area contributed by atoms with E-state index in [1.165, 1.54) is 4.90 Å². The van der Waals surface area contributed by atoms with E-state index in [1.807, 2.05) is 37.3 Å². The summed E-state index contributed by atoms with van der Waals surface area (Å²) in [5.41, 5.74) is -0.123. The summed E-state index contributed by atoms with van der Waals surface area (Å²) in [7, 11) is 0. The van der Waals surface area contributed by atoms with Crippen LogP contribution in [0.15, 0.2) is 30.3 Å². The number of amides is 1. The molecule has 1 aliphatic carbocycles. The first-order valence-corrected chi connectivity index (χ1v) is 7.70. The summed E-state index contributed by atoms with van der Waals surface area (Å²) in [6, 6.07) is 9.19. The number of benzene rings is 1. The van der Waals surface area contributed by atoms with E-state index < -0.39 is 29.4 Å². The molecule has 1 N–H and O–H groups in total. The first kappa shape index (κ1) is 15.0. The molecule has 2 aliphatic rings. The molecule has 0 bridgehead atoms. The van der Waals surface area contributed by atoms with Crippen molar-refractivity contribution >= 4 is 11.9 Å². The molecule has 5 heteroatoms. The molecule has 2 fully saturated rings. The quantitative estimate of drug-likeness (QED) is 0.930. The third-order valence-corrected chi connectivity index (χ3v) is 5.40. The van der Waals surface area contributed by atoms with Gasteiger partial charge >= 0.3 is 5.97 Å². The zero-order valence-corrected chi connectivity index (χ0v) is 12.5. The number of carbonyl (C=O) groups excluding carboxylic acids is 1. The fraction of sp³-hybridized carbons (Fsp3) is 0.529. The number of hydrogen-bond donors (Lipinski definition) is 1. The minimum Gasteiger partial charge on any atom is -0.481 e. The fourth-order valence-corrected chi connectivity index (χ4v) is 3.74. The molecule has 1 aliphatic heterocycles. The summed E-state index contributed by atoms with van der Waals surface area (Å²) >= 11 is 0. The van der Waals surface area contributed by atoms with Gasteiger partial charge in [0.05, 0.1) is 11.5 Å². The van der Waals surface area contributed by atoms with Gasteiger partial charge in [0.1, 0.15) is 0 Å². The largest absolute Gasteiger partial charge is 0.481 e. The van der Waals surface area contributed by atoms with Gasteiger partial charge in [0, 0.05) is 12.5 Å². The van der Waals surface area contributed by atoms with E-state index in [1.54, 1.807) is 0 Å². The van der Waals surface area contributed by atoms with Crippen LogP contribution in [0.25, 0.3) is 0 Å². The van der Waals surface area contributed by atoms with Gasteiger partial charge in [0.15, 0.2) is 6.17 Å². The van der Waals surface area contributed by atoms with E-state index in [0.717, 1.165) is 12.0 Å². The van der Waals surface area contributed by atoms with Crippen molar-refractivity contribution in [3.05, 3.63) is 35.9 Å². The highest BCUT2D eigenvalue weighted by atomic mass is 19.1. The van der Waals surface area contributed by atoms with E-state index in [2.05, 4.69) is 0 Å². The number of carboxylic acids is 1. The van der Waals surface area contributed by atoms with Crippen molar-refractivity contribution in [3.63, 3.8) is 0 Å². The monoisotopic (exact) mass is 305 g/mol. The number of rotatable bonds is 4. The molecular weight excluding hydrogens is 285 g/mol. The molecule has 4 nitrogen and oxygen atoms in total. The molecule has 3 rings (SSSR count). The molecule has 1 saturated carbocycles. The molecular formula is C17H20FNO3. The summed E-state index contributed by atoms with van der Waals surface area (Å²) in [5, 5.41) is 9.49. The molecule has 1 aromatic carbocycles. The lowest BCUT2D eigenvalue weighted by molar-refractivity contribution is -0.161. The maximum absolute atomic E-state index is 14.5. The summed E-state index contributed by atoms with van der Waals surface area (Å²) in [6.07, 6.45) is 0.0167. The number of likely N-dealkylation sites (tertiary alicyclic amines) is 1. The number of hydrogen-bond acceptors (Lipinski definition) is 2. The van der Waals surface area contributed by atoms with Crippen molar-refractivity contribution in [1.82, 2.24) is 4.90 Å². The zero-order chi connectivity index (χ0) is 15.9. The smallest absolute Gasteiger partial charge is 0.310 e. The SMILES string of the molecule is C[C@@H](c1ccccc1)N1C[C@H](C2(C(=O)O)CCC2)[C@H](F)C1=O. The molecule has 1 aromatic rings. The normalized spacial score (nSPS) is 28.3. The molecule has 0 radical (unpaired) electrons. The average Bonchev–Trinajstić information content (AvgIpc) is 2.75. The fourth-order valence-electron chi connectivity index (χ4n) is 3.74. The third kappa shape index (κ3) is 2.11. The molecule has 1 saturated heterocycles. The van der Waals surface area contributed by atoms with E-state index >= 15 is 0 Å². The Morgan fingerprint density at radius 1 is 1.36 bits per heavy atom. The van der Waals surface area contributed by atoms with Gasteiger partial charge in [0.2, 0.25) is 0 Å². The van der Waals surface area contributed by atoms with Crippen LogP contribution in [-0.4, -0.2) is 34.6 Å². The van der Waals surface area contributed by atoms with Gasteiger partial charge in [-0.3, -0.25) is 9.59 Å². The molecule has 0 unspecified atom stereocenters. The highest BCUT2D eigenvalue weighted by Crippen LogP contribution is 2.52. The van der Waals surface area contributed by atoms with Crippen LogP contribution in [0.4, 0.5) is 4.39 Å². The molecule has 1 heterocycles. The number of alkyl halides is 1. The minimum absolute atomic E-state index is 0.183. The highest BCUT2D eigenvalue weighted by Gasteiger charge is 2.59. The Balaban J connectivity index is 1.84. The topological polar surface area (TPSA) is 57.6 Å². The Kier molecular flexibility index (Phi) is 3.67. The number of nitrogens with zero attached hydrogens (tertiary/aromatic N) is 1. The van der Waals surface area contributed by atoms with E-state index in [4.69, 9.17) is 0 Å². The van der Waals surface area contributed by atoms with Crippen LogP contribution in [0.3, 0.4) is 0 Å². The van der Waals surface area contributed by atoms with Gasteiger partial charge in [-0.25, -0.2) is 4.39 Å². The average molecular weight is 305 g/mol. The molecule has 1 amide bonds. The van der Waals surface area contributed by atoms with Crippen molar-refractivity contribution in [2.75, 3.05) is 6.54 Å². The number of carboxylic acid groups (broad SMARTS) is 1. The van der Waals surface area contributed by atoms with Crippen LogP contribution in [0.5, 0.6) is 0 Å². The second-order valence-corrected chi connectivity index (χ2v) is 6.40. The zero-order valence-electron chi connectivity index (χ0n) is 12.5. The van der Waals surface area contributed by atoms with Crippen LogP contribution < -0.4 is 0 Å². The van der Waals surface area contributed by atoms with Gasteiger partial charge in [0.25, 0.3) is 5.91 Å². The van der Waals surface area contributed by atoms with Gasteiger partial charge in [-0.05, 0) is 25.3 Å². The first-order valence-electron chi connectivity index (χ1n) is 7.70. The maximum atomic E-state index is 14.5. The second kappa shape index (κ2) is 5.38. The summed E-state index contributed by atoms with van der Waals surface area (Å²) in [5.74, 6) is -2.28. The second-order valence-electron chi connectivity index (χ2n) is 6.40. The van der Waals surface area contributed by atoms with E-state index in [-0.39, 0.29) is 12.6 Å². The van der Waals surface area contributed by atoms with Gasteiger partial charge < -0.3 is 10.0 Å². The van der Waals surface area contributed by atoms with Crippen LogP contribution >= 0.6 is 0 Å². The van der Waals surface area contributed by atoms with Gasteiger partial charge in [-0.2, -0.15) is 0 Å². The summed E-state index contributed by atoms with van der Waals surface area (Å²) in [4.78, 5) is 25.4. The molecule has 118 valence electrons. The molecule has 3 atom stereocenters. The minimum atomic E-state index is -1.71. The van der Waals surface area contributed by atoms with Crippen LogP contribution in [-0.2, 0) is 9.59 Å². The Morgan fingerprint density at radius 3 is 2.50 bits per heavy atom. The lowest BCUT2D eigenvalue weighted by atomic mass is 9.60. The number of halogens is 1. The molecule has 0 spiro atoms. The Morgan fingerprint density at radius 2 is 2.00 bits per heavy atom. The predicted molar refractivity (Wildman–Crippen MR) is 78.9 cm³/mol. The number of aliphatic carboxylic acids is 1. The Hall–Kier alpha value is -1.91. The lowest BCUT2D eigenvalue weighted by Gasteiger charge is -2.42. The predicted octanol–water partition coefficient (Wildman–Crippen LogP) is 2.80. The Labute approximate surface area is 128 Å². The van der Waals surface area contributed by atoms with Crippen LogP contribution in [0.2, 0.25) is 0 Å². The first-order chi connectivity index (χ1) is 10.5. The maximum Gasteiger partial charge on any atom is 0.310 e. The van der Waals surface area contributed by atoms with Crippen LogP contribution in [0, 0.1) is 11.3 Å². The standard InChI is InChI=1S/C17H20FNO3/c1-11(12-6-3-2-4-7-12)19-10-13(14(18)15(19)20)17(16(21)22)8-5-9-17/h2-4,6-7,11,13-14H,5,8-10H2,1H3,(H,21,22)/t11-,13-,14-/m0/s1. The summed E-state index contributed by atoms with van der Waals surface area (Å²) in [6.45, 7) is 2.04. The van der Waals surface area contributed by atoms with Crippen LogP contribution in [0.1, 0.15) is 37.8 Å². The van der Waals surface area contributed by atoms with E-state index in [0.29, 0.717) is 12.8 Å². The van der Waals surface area contributed by atoms with Gasteiger partial charge in [-0.1, -0.05) is 36.8 Å². The molecule has 0 aromatic heterocycles. The Bertz CT molecular complexity index is 585. The lowest BCUT2D eigenvalue weighted by Crippen LogP contribution is -2.48. The number of carbonyl (C=O) groups is 2. The third-order valence-electron chi connectivity index (χ3n) is 5.40. The summed E-state index contributed by atoms with van der Waals surface area (Å²) < 4.78 is 14.5. The van der Waals surface area contributed by atoms with Crippen molar-refractivity contribution in [3.8, 4) is 0 Å².